The maximum atomic E-state index is 14.4. The van der Waals surface area contributed by atoms with Gasteiger partial charge in [0.15, 0.2) is 0 Å². The van der Waals surface area contributed by atoms with Gasteiger partial charge in [0.2, 0.25) is 11.8 Å². The number of carbonyl (C=O) groups excluding carboxylic acids is 3. The Morgan fingerprint density at radius 2 is 1.52 bits per heavy atom. The first kappa shape index (κ1) is 28.5. The molecule has 220 valence electrons. The molecule has 10 heteroatoms. The van der Waals surface area contributed by atoms with Crippen LogP contribution < -0.4 is 14.5 Å². The zero-order chi connectivity index (χ0) is 29.6. The molecule has 0 aromatic heterocycles. The lowest BCUT2D eigenvalue weighted by Crippen LogP contribution is -2.56. The van der Waals surface area contributed by atoms with Gasteiger partial charge in [-0.1, -0.05) is 35.9 Å². The van der Waals surface area contributed by atoms with E-state index in [0.29, 0.717) is 35.3 Å². The van der Waals surface area contributed by atoms with Crippen LogP contribution in [0.3, 0.4) is 0 Å². The van der Waals surface area contributed by atoms with Crippen molar-refractivity contribution in [3.05, 3.63) is 77.9 Å². The summed E-state index contributed by atoms with van der Waals surface area (Å²) in [7, 11) is 0. The van der Waals surface area contributed by atoms with Crippen LogP contribution in [0.1, 0.15) is 20.3 Å². The molecule has 4 aliphatic heterocycles. The van der Waals surface area contributed by atoms with E-state index in [-0.39, 0.29) is 43.8 Å². The van der Waals surface area contributed by atoms with Gasteiger partial charge in [0.1, 0.15) is 17.4 Å². The summed E-state index contributed by atoms with van der Waals surface area (Å²) in [5.74, 6) is -1.99. The Kier molecular flexibility index (Phi) is 7.37. The summed E-state index contributed by atoms with van der Waals surface area (Å²) in [5, 5.41) is 10.2. The zero-order valence-electron chi connectivity index (χ0n) is 23.6. The second-order valence-electron chi connectivity index (χ2n) is 11.2. The summed E-state index contributed by atoms with van der Waals surface area (Å²) in [6.45, 7) is 4.85. The number of fused-ring (bicyclic) bond motifs is 2. The number of hydrogen-bond donors (Lipinski definition) is 1. The first-order chi connectivity index (χ1) is 20.2. The summed E-state index contributed by atoms with van der Waals surface area (Å²) in [5.41, 5.74) is -1.18. The van der Waals surface area contributed by atoms with Crippen molar-refractivity contribution in [2.45, 2.75) is 37.5 Å². The molecule has 6 rings (SSSR count). The Bertz CT molecular complexity index is 1440. The predicted molar refractivity (Wildman–Crippen MR) is 158 cm³/mol. The first-order valence-electron chi connectivity index (χ1n) is 14.3. The Morgan fingerprint density at radius 3 is 2.17 bits per heavy atom. The molecule has 0 radical (unpaired) electrons. The van der Waals surface area contributed by atoms with Gasteiger partial charge < -0.3 is 29.3 Å². The highest BCUT2D eigenvalue weighted by Gasteiger charge is 2.74. The molecule has 2 aromatic rings. The number of likely N-dealkylation sites (tertiary alicyclic amines) is 1. The number of hydrogen-bond acceptors (Lipinski definition) is 6. The summed E-state index contributed by atoms with van der Waals surface area (Å²) in [6.07, 6.45) is 7.69. The zero-order valence-corrected chi connectivity index (χ0v) is 24.4. The van der Waals surface area contributed by atoms with Crippen LogP contribution in [0.4, 0.5) is 11.4 Å². The van der Waals surface area contributed by atoms with Gasteiger partial charge >= 0.3 is 0 Å². The number of nitrogens with zero attached hydrogens (tertiary/aromatic N) is 3. The molecule has 1 spiro atoms. The molecule has 0 aliphatic carbocycles. The Hall–Kier alpha value is -3.66. The van der Waals surface area contributed by atoms with Crippen molar-refractivity contribution in [2.24, 2.45) is 11.8 Å². The van der Waals surface area contributed by atoms with E-state index in [1.165, 1.54) is 4.90 Å². The average molecular weight is 592 g/mol. The van der Waals surface area contributed by atoms with E-state index < -0.39 is 29.1 Å². The molecule has 9 nitrogen and oxygen atoms in total. The first-order valence-corrected chi connectivity index (χ1v) is 14.7. The SMILES string of the molecule is CCOc1ccc(N2CC=C[C@@]3(C)O[C@]45C=CCN(c6ccc(Cl)cc6)C(=O)C4N(CCCO)C(=O)[C@@H]5[C@H]3C2=O)cc1. The van der Waals surface area contributed by atoms with Crippen molar-refractivity contribution in [3.8, 4) is 5.75 Å². The molecule has 42 heavy (non-hydrogen) atoms. The van der Waals surface area contributed by atoms with Crippen LogP contribution >= 0.6 is 11.6 Å². The summed E-state index contributed by atoms with van der Waals surface area (Å²) >= 11 is 6.11. The van der Waals surface area contributed by atoms with Gasteiger partial charge in [0.25, 0.3) is 5.91 Å². The number of aliphatic hydroxyl groups is 1. The van der Waals surface area contributed by atoms with E-state index in [9.17, 15) is 19.5 Å². The summed E-state index contributed by atoms with van der Waals surface area (Å²) < 4.78 is 12.4. The monoisotopic (exact) mass is 591 g/mol. The molecule has 2 aromatic carbocycles. The smallest absolute Gasteiger partial charge is 0.253 e. The second-order valence-corrected chi connectivity index (χ2v) is 11.6. The maximum absolute atomic E-state index is 14.4. The van der Waals surface area contributed by atoms with Crippen molar-refractivity contribution < 1.29 is 29.0 Å². The molecule has 0 saturated carbocycles. The van der Waals surface area contributed by atoms with E-state index in [0.717, 1.165) is 0 Å². The molecular formula is C32H34ClN3O6. The fraction of sp³-hybridized carbons (Fsp3) is 0.406. The Balaban J connectivity index is 1.42. The maximum Gasteiger partial charge on any atom is 0.253 e. The lowest BCUT2D eigenvalue weighted by atomic mass is 9.74. The number of carbonyl (C=O) groups is 3. The van der Waals surface area contributed by atoms with Gasteiger partial charge in [-0.3, -0.25) is 14.4 Å². The van der Waals surface area contributed by atoms with Crippen LogP contribution in [-0.2, 0) is 19.1 Å². The van der Waals surface area contributed by atoms with Crippen LogP contribution in [-0.4, -0.2) is 77.8 Å². The van der Waals surface area contributed by atoms with Crippen molar-refractivity contribution in [1.82, 2.24) is 4.90 Å². The van der Waals surface area contributed by atoms with E-state index in [1.807, 2.05) is 62.4 Å². The van der Waals surface area contributed by atoms with Gasteiger partial charge in [-0.2, -0.15) is 0 Å². The molecule has 4 aliphatic rings. The predicted octanol–water partition coefficient (Wildman–Crippen LogP) is 3.60. The van der Waals surface area contributed by atoms with Crippen LogP contribution in [0.5, 0.6) is 5.75 Å². The third kappa shape index (κ3) is 4.42. The van der Waals surface area contributed by atoms with Crippen LogP contribution in [0.2, 0.25) is 5.02 Å². The molecule has 1 N–H and O–H groups in total. The van der Waals surface area contributed by atoms with Crippen LogP contribution in [0.25, 0.3) is 0 Å². The van der Waals surface area contributed by atoms with Gasteiger partial charge in [0, 0.05) is 42.6 Å². The highest BCUT2D eigenvalue weighted by molar-refractivity contribution is 6.30. The lowest BCUT2D eigenvalue weighted by Gasteiger charge is -2.37. The van der Waals surface area contributed by atoms with Gasteiger partial charge in [0.05, 0.1) is 24.0 Å². The fourth-order valence-corrected chi connectivity index (χ4v) is 7.10. The van der Waals surface area contributed by atoms with Crippen molar-refractivity contribution in [2.75, 3.05) is 42.6 Å². The standard InChI is InChI=1S/C32H34ClN3O6/c1-3-41-24-13-11-23(12-14-24)34-17-4-15-31(2)25(28(34)38)26-29(39)36(19-6-20-37)27-30(40)35(18-5-16-32(26,27)42-31)22-9-7-21(33)8-10-22/h4-5,7-16,25-27,37H,3,6,17-20H2,1-2H3/t25-,26-,27?,31+,32-/m0/s1. The van der Waals surface area contributed by atoms with E-state index in [1.54, 1.807) is 34.1 Å². The number of ether oxygens (including phenoxy) is 2. The quantitative estimate of drug-likeness (QED) is 0.494. The van der Waals surface area contributed by atoms with E-state index >= 15 is 0 Å². The Labute approximate surface area is 249 Å². The molecular weight excluding hydrogens is 558 g/mol. The lowest BCUT2D eigenvalue weighted by molar-refractivity contribution is -0.144. The number of benzene rings is 2. The van der Waals surface area contributed by atoms with Crippen molar-refractivity contribution >= 4 is 40.7 Å². The molecule has 2 saturated heterocycles. The van der Waals surface area contributed by atoms with Gasteiger partial charge in [-0.05, 0) is 68.8 Å². The van der Waals surface area contributed by atoms with Crippen molar-refractivity contribution in [1.29, 1.82) is 0 Å². The normalized spacial score (nSPS) is 30.2. The third-order valence-electron chi connectivity index (χ3n) is 8.71. The molecule has 5 atom stereocenters. The summed E-state index contributed by atoms with van der Waals surface area (Å²) in [6, 6.07) is 13.2. The Morgan fingerprint density at radius 1 is 0.905 bits per heavy atom. The van der Waals surface area contributed by atoms with E-state index in [4.69, 9.17) is 21.1 Å². The summed E-state index contributed by atoms with van der Waals surface area (Å²) in [4.78, 5) is 47.9. The topological polar surface area (TPSA) is 99.6 Å². The van der Waals surface area contributed by atoms with Crippen LogP contribution in [0, 0.1) is 11.8 Å². The minimum Gasteiger partial charge on any atom is -0.494 e. The molecule has 2 fully saturated rings. The fourth-order valence-electron chi connectivity index (χ4n) is 6.98. The second kappa shape index (κ2) is 10.9. The number of amides is 3. The molecule has 3 amide bonds. The minimum atomic E-state index is -1.37. The van der Waals surface area contributed by atoms with Crippen molar-refractivity contribution in [3.63, 3.8) is 0 Å². The highest BCUT2D eigenvalue weighted by atomic mass is 35.5. The average Bonchev–Trinajstić information content (AvgIpc) is 3.24. The number of anilines is 2. The largest absolute Gasteiger partial charge is 0.494 e. The third-order valence-corrected chi connectivity index (χ3v) is 8.96. The number of aliphatic hydroxyl groups excluding tert-OH is 1. The highest BCUT2D eigenvalue weighted by Crippen LogP contribution is 2.57. The number of rotatable bonds is 7. The van der Waals surface area contributed by atoms with Crippen LogP contribution in [0.15, 0.2) is 72.8 Å². The van der Waals surface area contributed by atoms with Gasteiger partial charge in [-0.15, -0.1) is 0 Å². The molecule has 4 heterocycles. The minimum absolute atomic E-state index is 0.145. The molecule has 1 unspecified atom stereocenters. The van der Waals surface area contributed by atoms with E-state index in [2.05, 4.69) is 0 Å². The van der Waals surface area contributed by atoms with Gasteiger partial charge in [-0.25, -0.2) is 0 Å². The number of halogens is 1. The molecule has 0 bridgehead atoms.